The van der Waals surface area contributed by atoms with Gasteiger partial charge >= 0.3 is 0 Å². The number of piperidine rings is 1. The molecule has 10 heteroatoms. The standard InChI is InChI=1S/C23H27N5O4S/c1-17-2-4-20(14-21(17)33(30,31)28-10-12-32-13-11-28)26-23(29)19-6-8-27(9-7-19)22-5-3-18(15-24)16-25-22/h2-5,14,16,19H,6-13H2,1H3,(H,26,29). The van der Waals surface area contributed by atoms with Gasteiger partial charge in [-0.2, -0.15) is 9.57 Å². The van der Waals surface area contributed by atoms with Gasteiger partial charge in [0.15, 0.2) is 0 Å². The van der Waals surface area contributed by atoms with E-state index >= 15 is 0 Å². The van der Waals surface area contributed by atoms with Crippen LogP contribution in [0.25, 0.3) is 0 Å². The van der Waals surface area contributed by atoms with Crippen LogP contribution in [0.3, 0.4) is 0 Å². The van der Waals surface area contributed by atoms with Crippen molar-refractivity contribution in [2.75, 3.05) is 49.6 Å². The molecule has 0 bridgehead atoms. The molecule has 0 radical (unpaired) electrons. The number of aryl methyl sites for hydroxylation is 1. The molecule has 2 saturated heterocycles. The Hall–Kier alpha value is -3.00. The predicted octanol–water partition coefficient (Wildman–Crippen LogP) is 2.14. The van der Waals surface area contributed by atoms with Crippen LogP contribution < -0.4 is 10.2 Å². The molecule has 1 aromatic carbocycles. The fourth-order valence-corrected chi connectivity index (χ4v) is 5.79. The number of nitrogens with one attached hydrogen (secondary N) is 1. The zero-order valence-corrected chi connectivity index (χ0v) is 19.3. The van der Waals surface area contributed by atoms with E-state index in [1.54, 1.807) is 37.4 Å². The average Bonchev–Trinajstić information content (AvgIpc) is 2.86. The second-order valence-corrected chi connectivity index (χ2v) is 10.2. The summed E-state index contributed by atoms with van der Waals surface area (Å²) in [6.07, 6.45) is 2.88. The van der Waals surface area contributed by atoms with Crippen LogP contribution in [0.15, 0.2) is 41.4 Å². The van der Waals surface area contributed by atoms with Gasteiger partial charge in [0.05, 0.1) is 23.7 Å². The molecule has 1 aromatic heterocycles. The van der Waals surface area contributed by atoms with Crippen molar-refractivity contribution >= 4 is 27.4 Å². The molecule has 174 valence electrons. The number of hydrogen-bond donors (Lipinski definition) is 1. The first-order chi connectivity index (χ1) is 15.9. The highest BCUT2D eigenvalue weighted by Gasteiger charge is 2.29. The fourth-order valence-electron chi connectivity index (χ4n) is 4.14. The SMILES string of the molecule is Cc1ccc(NC(=O)C2CCN(c3ccc(C#N)cn3)CC2)cc1S(=O)(=O)N1CCOCC1. The zero-order valence-electron chi connectivity index (χ0n) is 18.5. The first kappa shape index (κ1) is 23.2. The molecule has 1 amide bonds. The molecule has 0 saturated carbocycles. The van der Waals surface area contributed by atoms with Gasteiger partial charge in [0.25, 0.3) is 0 Å². The molecule has 2 aromatic rings. The summed E-state index contributed by atoms with van der Waals surface area (Å²) in [6, 6.07) is 10.6. The Morgan fingerprint density at radius 1 is 1.15 bits per heavy atom. The predicted molar refractivity (Wildman–Crippen MR) is 123 cm³/mol. The summed E-state index contributed by atoms with van der Waals surface area (Å²) in [7, 11) is -3.65. The third kappa shape index (κ3) is 5.16. The Kier molecular flexibility index (Phi) is 6.93. The molecule has 4 rings (SSSR count). The molecule has 0 atom stereocenters. The van der Waals surface area contributed by atoms with E-state index in [9.17, 15) is 13.2 Å². The molecular weight excluding hydrogens is 442 g/mol. The van der Waals surface area contributed by atoms with Gasteiger partial charge in [0.1, 0.15) is 11.9 Å². The first-order valence-corrected chi connectivity index (χ1v) is 12.4. The van der Waals surface area contributed by atoms with Gasteiger partial charge in [-0.1, -0.05) is 6.07 Å². The smallest absolute Gasteiger partial charge is 0.243 e. The number of anilines is 2. The van der Waals surface area contributed by atoms with E-state index in [0.717, 1.165) is 5.82 Å². The quantitative estimate of drug-likeness (QED) is 0.713. The lowest BCUT2D eigenvalue weighted by Crippen LogP contribution is -2.41. The molecule has 9 nitrogen and oxygen atoms in total. The van der Waals surface area contributed by atoms with E-state index in [2.05, 4.69) is 21.3 Å². The normalized spacial score (nSPS) is 18.0. The third-order valence-corrected chi connectivity index (χ3v) is 8.15. The van der Waals surface area contributed by atoms with Crippen molar-refractivity contribution < 1.29 is 17.9 Å². The minimum Gasteiger partial charge on any atom is -0.379 e. The highest BCUT2D eigenvalue weighted by molar-refractivity contribution is 7.89. The van der Waals surface area contributed by atoms with Crippen molar-refractivity contribution in [3.05, 3.63) is 47.7 Å². The third-order valence-electron chi connectivity index (χ3n) is 6.11. The minimum absolute atomic E-state index is 0.110. The van der Waals surface area contributed by atoms with Crippen LogP contribution in [-0.2, 0) is 19.6 Å². The number of benzene rings is 1. The molecule has 0 unspecified atom stereocenters. The number of nitrogens with zero attached hydrogens (tertiary/aromatic N) is 4. The lowest BCUT2D eigenvalue weighted by Gasteiger charge is -2.32. The van der Waals surface area contributed by atoms with Crippen LogP contribution in [0, 0.1) is 24.2 Å². The summed E-state index contributed by atoms with van der Waals surface area (Å²) < 4.78 is 32.9. The maximum absolute atomic E-state index is 13.1. The van der Waals surface area contributed by atoms with Crippen molar-refractivity contribution in [3.8, 4) is 6.07 Å². The molecule has 3 heterocycles. The fraction of sp³-hybridized carbons (Fsp3) is 0.435. The molecule has 1 N–H and O–H groups in total. The minimum atomic E-state index is -3.65. The summed E-state index contributed by atoms with van der Waals surface area (Å²) in [5, 5.41) is 11.8. The summed E-state index contributed by atoms with van der Waals surface area (Å²) in [5.41, 5.74) is 1.64. The summed E-state index contributed by atoms with van der Waals surface area (Å²) >= 11 is 0. The van der Waals surface area contributed by atoms with Crippen molar-refractivity contribution in [3.63, 3.8) is 0 Å². The van der Waals surface area contributed by atoms with Gasteiger partial charge in [-0.3, -0.25) is 4.79 Å². The Balaban J connectivity index is 1.40. The summed E-state index contributed by atoms with van der Waals surface area (Å²) in [6.45, 7) is 4.53. The average molecular weight is 470 g/mol. The molecule has 0 aliphatic carbocycles. The lowest BCUT2D eigenvalue weighted by molar-refractivity contribution is -0.120. The Bertz CT molecular complexity index is 1150. The number of sulfonamides is 1. The number of aromatic nitrogens is 1. The van der Waals surface area contributed by atoms with E-state index in [4.69, 9.17) is 10.00 Å². The van der Waals surface area contributed by atoms with Gasteiger partial charge in [-0.05, 0) is 49.6 Å². The van der Waals surface area contributed by atoms with Gasteiger partial charge in [-0.15, -0.1) is 0 Å². The number of carbonyl (C=O) groups excluding carboxylic acids is 1. The topological polar surface area (TPSA) is 116 Å². The van der Waals surface area contributed by atoms with Crippen LogP contribution in [0.5, 0.6) is 0 Å². The largest absolute Gasteiger partial charge is 0.379 e. The highest BCUT2D eigenvalue weighted by Crippen LogP contribution is 2.27. The number of rotatable bonds is 5. The van der Waals surface area contributed by atoms with Crippen molar-refractivity contribution in [1.29, 1.82) is 5.26 Å². The van der Waals surface area contributed by atoms with Gasteiger partial charge in [-0.25, -0.2) is 13.4 Å². The van der Waals surface area contributed by atoms with E-state index in [1.165, 1.54) is 4.31 Å². The van der Waals surface area contributed by atoms with Crippen LogP contribution in [0.2, 0.25) is 0 Å². The number of ether oxygens (including phenoxy) is 1. The van der Waals surface area contributed by atoms with E-state index in [0.29, 0.717) is 69.0 Å². The van der Waals surface area contributed by atoms with Crippen molar-refractivity contribution in [2.24, 2.45) is 5.92 Å². The van der Waals surface area contributed by atoms with Crippen LogP contribution in [0.1, 0.15) is 24.0 Å². The maximum atomic E-state index is 13.1. The Morgan fingerprint density at radius 2 is 1.88 bits per heavy atom. The number of amides is 1. The van der Waals surface area contributed by atoms with Crippen molar-refractivity contribution in [1.82, 2.24) is 9.29 Å². The molecule has 2 aliphatic rings. The second kappa shape index (κ2) is 9.87. The molecule has 33 heavy (non-hydrogen) atoms. The van der Waals surface area contributed by atoms with Crippen LogP contribution in [0.4, 0.5) is 11.5 Å². The van der Waals surface area contributed by atoms with E-state index in [-0.39, 0.29) is 16.7 Å². The number of morpholine rings is 1. The summed E-state index contributed by atoms with van der Waals surface area (Å²) in [5.74, 6) is 0.519. The van der Waals surface area contributed by atoms with E-state index in [1.807, 2.05) is 6.07 Å². The lowest BCUT2D eigenvalue weighted by atomic mass is 9.95. The van der Waals surface area contributed by atoms with Gasteiger partial charge in [0.2, 0.25) is 15.9 Å². The van der Waals surface area contributed by atoms with Crippen LogP contribution in [-0.4, -0.2) is 63.0 Å². The highest BCUT2D eigenvalue weighted by atomic mass is 32.2. The number of hydrogen-bond acceptors (Lipinski definition) is 7. The zero-order chi connectivity index (χ0) is 23.4. The molecule has 2 aliphatic heterocycles. The molecular formula is C23H27N5O4S. The Labute approximate surface area is 194 Å². The monoisotopic (exact) mass is 469 g/mol. The van der Waals surface area contributed by atoms with Gasteiger partial charge < -0.3 is 15.0 Å². The molecule has 2 fully saturated rings. The summed E-state index contributed by atoms with van der Waals surface area (Å²) in [4.78, 5) is 19.5. The second-order valence-electron chi connectivity index (χ2n) is 8.26. The number of nitriles is 1. The number of pyridine rings is 1. The maximum Gasteiger partial charge on any atom is 0.243 e. The first-order valence-electron chi connectivity index (χ1n) is 11.0. The molecule has 0 spiro atoms. The van der Waals surface area contributed by atoms with Crippen LogP contribution >= 0.6 is 0 Å². The van der Waals surface area contributed by atoms with Crippen molar-refractivity contribution in [2.45, 2.75) is 24.7 Å². The number of carbonyl (C=O) groups is 1. The van der Waals surface area contributed by atoms with E-state index < -0.39 is 10.0 Å². The Morgan fingerprint density at radius 3 is 2.52 bits per heavy atom. The van der Waals surface area contributed by atoms with Gasteiger partial charge in [0, 0.05) is 44.0 Å².